The molecule has 2 unspecified atom stereocenters. The summed E-state index contributed by atoms with van der Waals surface area (Å²) < 4.78 is 0. The van der Waals surface area contributed by atoms with E-state index in [4.69, 9.17) is 0 Å². The Morgan fingerprint density at radius 1 is 0.329 bits per heavy atom. The lowest BCUT2D eigenvalue weighted by atomic mass is 9.84. The fourth-order valence-corrected chi connectivity index (χ4v) is 7.38. The van der Waals surface area contributed by atoms with Crippen molar-refractivity contribution < 1.29 is 0 Å². The Morgan fingerprint density at radius 3 is 0.849 bits per heavy atom. The van der Waals surface area contributed by atoms with Crippen LogP contribution in [-0.2, 0) is 0 Å². The van der Waals surface area contributed by atoms with Gasteiger partial charge in [-0.15, -0.1) is 0 Å². The van der Waals surface area contributed by atoms with Crippen molar-refractivity contribution in [2.45, 2.75) is 403 Å². The Bertz CT molecular complexity index is 739. The maximum Gasteiger partial charge on any atom is -0.00516 e. The fraction of sp³-hybridized carbons (Fsp3) is 0.944. The molecular formula is C72H159N. The minimum absolute atomic E-state index is 0.903. The van der Waals surface area contributed by atoms with Gasteiger partial charge in [-0.25, -0.2) is 0 Å². The normalized spacial score (nSPS) is 16.0. The molecule has 1 N–H and O–H groups in total. The summed E-state index contributed by atoms with van der Waals surface area (Å²) in [5.74, 6) is 5.04. The SMILES string of the molecule is CC/C=C/CC.CC/C=C/CCC.CC1CCC(C)CC1.CCC1CCC(C)C1.CCCC.CCCCC.CCCCC(C)C.CCCCCC.CCCCCCC.CCCCCCCC.CCCNCCC. The minimum Gasteiger partial charge on any atom is -0.317 e. The van der Waals surface area contributed by atoms with E-state index < -0.39 is 0 Å². The molecule has 2 aliphatic carbocycles. The first kappa shape index (κ1) is 91.9. The summed E-state index contributed by atoms with van der Waals surface area (Å²) in [5.41, 5.74) is 0. The molecule has 0 aromatic carbocycles. The molecule has 0 heterocycles. The fourth-order valence-electron chi connectivity index (χ4n) is 7.38. The zero-order valence-corrected chi connectivity index (χ0v) is 57.0. The quantitative estimate of drug-likeness (QED) is 0.0608. The van der Waals surface area contributed by atoms with E-state index in [1.54, 1.807) is 0 Å². The van der Waals surface area contributed by atoms with Crippen molar-refractivity contribution in [1.29, 1.82) is 0 Å². The van der Waals surface area contributed by atoms with Crippen LogP contribution in [0, 0.1) is 29.6 Å². The molecular weight excluding hydrogens is 879 g/mol. The van der Waals surface area contributed by atoms with Gasteiger partial charge in [-0.3, -0.25) is 0 Å². The van der Waals surface area contributed by atoms with Crippen LogP contribution in [0.5, 0.6) is 0 Å². The lowest BCUT2D eigenvalue weighted by Crippen LogP contribution is -2.14. The average molecular weight is 1040 g/mol. The number of allylic oxidation sites excluding steroid dienone is 4. The van der Waals surface area contributed by atoms with E-state index in [1.807, 2.05) is 0 Å². The van der Waals surface area contributed by atoms with Crippen LogP contribution < -0.4 is 5.32 Å². The third kappa shape index (κ3) is 135. The van der Waals surface area contributed by atoms with Crippen LogP contribution in [0.25, 0.3) is 0 Å². The van der Waals surface area contributed by atoms with Gasteiger partial charge in [0.05, 0.1) is 0 Å². The van der Waals surface area contributed by atoms with E-state index >= 15 is 0 Å². The highest BCUT2D eigenvalue weighted by atomic mass is 14.8. The first-order valence-corrected chi connectivity index (χ1v) is 34.2. The second-order valence-corrected chi connectivity index (χ2v) is 22.3. The predicted molar refractivity (Wildman–Crippen MR) is 355 cm³/mol. The molecule has 2 fully saturated rings. The Balaban J connectivity index is -0.0000000886. The lowest BCUT2D eigenvalue weighted by molar-refractivity contribution is 0.308. The van der Waals surface area contributed by atoms with Gasteiger partial charge >= 0.3 is 0 Å². The molecule has 2 aliphatic rings. The van der Waals surface area contributed by atoms with Crippen molar-refractivity contribution in [1.82, 2.24) is 5.32 Å². The maximum atomic E-state index is 3.28. The molecule has 0 aromatic rings. The standard InChI is InChI=1S/2C8H16.C8H18.2C7H16.C7H14.C6H15N.C6H14.C6H12.C5H12.C4H10/c1-7-3-5-8(2)6-4-7;1-3-8-5-4-7(2)6-8;1-3-5-7-8-6-4-2;1-4-5-6-7(2)3;3*1-3-5-7-6-4-2;2*1-3-5-6-4-2;1-3-5-4-2;1-3-4-2/h2*7-8H,3-6H2,1-2H3;3-8H2,1-2H3;7H,4-6H2,1-3H3;3-7H2,1-2H3;5,7H,3-4,6H2,1-2H3;7H,3-6H2,1-2H3;3-6H2,1-2H3;5-6H,3-4H2,1-2H3;3-5H2,1-2H3;3-4H2,1-2H3/b;;;;;7-5+;;;6-5+;;. The Morgan fingerprint density at radius 2 is 0.644 bits per heavy atom. The number of rotatable bonds is 28. The smallest absolute Gasteiger partial charge is 0.00516 e. The molecule has 0 radical (unpaired) electrons. The van der Waals surface area contributed by atoms with Crippen molar-refractivity contribution in [2.75, 3.05) is 13.1 Å². The van der Waals surface area contributed by atoms with Gasteiger partial charge in [-0.1, -0.05) is 383 Å². The van der Waals surface area contributed by atoms with Gasteiger partial charge < -0.3 is 5.32 Å². The average Bonchev–Trinajstić information content (AvgIpc) is 3.84. The number of hydrogen-bond donors (Lipinski definition) is 1. The predicted octanol–water partition coefficient (Wildman–Crippen LogP) is 27.9. The van der Waals surface area contributed by atoms with Crippen molar-refractivity contribution in [2.24, 2.45) is 29.6 Å². The van der Waals surface area contributed by atoms with E-state index in [0.717, 1.165) is 29.6 Å². The van der Waals surface area contributed by atoms with Crippen molar-refractivity contribution in [3.05, 3.63) is 24.3 Å². The molecule has 0 amide bonds. The Hall–Kier alpha value is -0.560. The number of unbranched alkanes of at least 4 members (excludes halogenated alkanes) is 17. The van der Waals surface area contributed by atoms with Gasteiger partial charge in [0.1, 0.15) is 0 Å². The van der Waals surface area contributed by atoms with Crippen LogP contribution in [0.3, 0.4) is 0 Å². The van der Waals surface area contributed by atoms with E-state index in [0.29, 0.717) is 0 Å². The van der Waals surface area contributed by atoms with Crippen LogP contribution in [0.1, 0.15) is 403 Å². The van der Waals surface area contributed by atoms with E-state index in [9.17, 15) is 0 Å². The van der Waals surface area contributed by atoms with Gasteiger partial charge in [0.2, 0.25) is 0 Å². The molecule has 73 heavy (non-hydrogen) atoms. The summed E-state index contributed by atoms with van der Waals surface area (Å²) in [4.78, 5) is 0. The summed E-state index contributed by atoms with van der Waals surface area (Å²) in [7, 11) is 0. The van der Waals surface area contributed by atoms with Gasteiger partial charge in [0.15, 0.2) is 0 Å². The highest BCUT2D eigenvalue weighted by molar-refractivity contribution is 4.79. The number of nitrogens with one attached hydrogen (secondary N) is 1. The zero-order chi connectivity index (χ0) is 57.7. The molecule has 0 spiro atoms. The molecule has 0 bridgehead atoms. The Kier molecular flexibility index (Phi) is 126. The molecule has 1 heteroatoms. The van der Waals surface area contributed by atoms with Crippen molar-refractivity contribution in [3.63, 3.8) is 0 Å². The molecule has 1 nitrogen and oxygen atoms in total. The molecule has 0 aliphatic heterocycles. The summed E-state index contributed by atoms with van der Waals surface area (Å²) in [6.07, 6.45) is 61.0. The summed E-state index contributed by atoms with van der Waals surface area (Å²) >= 11 is 0. The molecule has 2 rings (SSSR count). The van der Waals surface area contributed by atoms with E-state index in [1.165, 1.54) is 257 Å². The Labute approximate surface area is 473 Å². The monoisotopic (exact) mass is 1040 g/mol. The van der Waals surface area contributed by atoms with Gasteiger partial charge in [0, 0.05) is 0 Å². The van der Waals surface area contributed by atoms with E-state index in [2.05, 4.69) is 189 Å². The van der Waals surface area contributed by atoms with Gasteiger partial charge in [0.25, 0.3) is 0 Å². The summed E-state index contributed by atoms with van der Waals surface area (Å²) in [6.45, 7) is 53.8. The van der Waals surface area contributed by atoms with Crippen LogP contribution in [0.2, 0.25) is 0 Å². The molecule has 0 saturated heterocycles. The second kappa shape index (κ2) is 100. The topological polar surface area (TPSA) is 12.0 Å². The highest BCUT2D eigenvalue weighted by Gasteiger charge is 2.18. The van der Waals surface area contributed by atoms with Crippen LogP contribution >= 0.6 is 0 Å². The molecule has 2 saturated carbocycles. The molecule has 0 aromatic heterocycles. The minimum atomic E-state index is 0.903. The van der Waals surface area contributed by atoms with Crippen LogP contribution in [0.15, 0.2) is 24.3 Å². The highest BCUT2D eigenvalue weighted by Crippen LogP contribution is 2.32. The van der Waals surface area contributed by atoms with Crippen LogP contribution in [0.4, 0.5) is 0 Å². The van der Waals surface area contributed by atoms with Gasteiger partial charge in [-0.2, -0.15) is 0 Å². The zero-order valence-electron chi connectivity index (χ0n) is 57.0. The molecule has 452 valence electrons. The third-order valence-corrected chi connectivity index (χ3v) is 13.0. The first-order chi connectivity index (χ1) is 35.2. The van der Waals surface area contributed by atoms with Crippen molar-refractivity contribution in [3.8, 4) is 0 Å². The summed E-state index contributed by atoms with van der Waals surface area (Å²) in [6, 6.07) is 0. The number of hydrogen-bond acceptors (Lipinski definition) is 1. The van der Waals surface area contributed by atoms with Crippen molar-refractivity contribution >= 4 is 0 Å². The largest absolute Gasteiger partial charge is 0.317 e. The summed E-state index contributed by atoms with van der Waals surface area (Å²) in [5, 5.41) is 3.28. The van der Waals surface area contributed by atoms with Gasteiger partial charge in [-0.05, 0) is 87.6 Å². The third-order valence-electron chi connectivity index (χ3n) is 13.0. The van der Waals surface area contributed by atoms with E-state index in [-0.39, 0.29) is 0 Å². The second-order valence-electron chi connectivity index (χ2n) is 22.3. The lowest BCUT2D eigenvalue weighted by Gasteiger charge is -2.22. The van der Waals surface area contributed by atoms with Crippen LogP contribution in [-0.4, -0.2) is 13.1 Å². The maximum absolute atomic E-state index is 3.28. The molecule has 2 atom stereocenters. The first-order valence-electron chi connectivity index (χ1n) is 34.2.